The van der Waals surface area contributed by atoms with Crippen molar-refractivity contribution in [2.45, 2.75) is 11.3 Å². The van der Waals surface area contributed by atoms with Crippen molar-refractivity contribution in [2.24, 2.45) is 0 Å². The summed E-state index contributed by atoms with van der Waals surface area (Å²) in [7, 11) is -3.74. The van der Waals surface area contributed by atoms with Crippen LogP contribution in [0.25, 0.3) is 0 Å². The molecule has 28 heavy (non-hydrogen) atoms. The Bertz CT molecular complexity index is 1090. The zero-order valence-electron chi connectivity index (χ0n) is 14.2. The molecule has 7 nitrogen and oxygen atoms in total. The summed E-state index contributed by atoms with van der Waals surface area (Å²) in [5, 5.41) is 11.7. The second-order valence-corrected chi connectivity index (χ2v) is 9.61. The Kier molecular flexibility index (Phi) is 6.65. The van der Waals surface area contributed by atoms with Gasteiger partial charge in [-0.2, -0.15) is 0 Å². The number of nitrogens with zero attached hydrogens (tertiary/aromatic N) is 2. The standard InChI is InChI=1S/C17H14BrClN4O3S2/c18-11-5-7-12(8-6-11)28(25,26)23-17-22-21-15(27-17)9-10-20-16(24)13-3-1-2-4-14(13)19/h1-8H,9-10H2,(H,20,24)(H,22,23). The average molecular weight is 502 g/mol. The Morgan fingerprint density at radius 1 is 1.11 bits per heavy atom. The highest BCUT2D eigenvalue weighted by Crippen LogP contribution is 2.21. The van der Waals surface area contributed by atoms with Crippen LogP contribution in [0.4, 0.5) is 5.13 Å². The molecule has 11 heteroatoms. The molecular weight excluding hydrogens is 488 g/mol. The van der Waals surface area contributed by atoms with Gasteiger partial charge in [0.05, 0.1) is 15.5 Å². The van der Waals surface area contributed by atoms with E-state index in [9.17, 15) is 13.2 Å². The lowest BCUT2D eigenvalue weighted by Crippen LogP contribution is -2.25. The second-order valence-electron chi connectivity index (χ2n) is 5.55. The molecule has 2 aromatic carbocycles. The second kappa shape index (κ2) is 8.99. The van der Waals surface area contributed by atoms with E-state index in [-0.39, 0.29) is 15.9 Å². The molecule has 2 N–H and O–H groups in total. The van der Waals surface area contributed by atoms with Crippen LogP contribution in [0.3, 0.4) is 0 Å². The summed E-state index contributed by atoms with van der Waals surface area (Å²) in [6.07, 6.45) is 0.411. The highest BCUT2D eigenvalue weighted by atomic mass is 79.9. The quantitative estimate of drug-likeness (QED) is 0.514. The summed E-state index contributed by atoms with van der Waals surface area (Å²) in [4.78, 5) is 12.2. The van der Waals surface area contributed by atoms with Gasteiger partial charge in [0.15, 0.2) is 0 Å². The van der Waals surface area contributed by atoms with Gasteiger partial charge in [-0.15, -0.1) is 10.2 Å². The van der Waals surface area contributed by atoms with E-state index in [1.165, 1.54) is 12.1 Å². The van der Waals surface area contributed by atoms with Crippen LogP contribution in [-0.4, -0.2) is 31.1 Å². The third-order valence-electron chi connectivity index (χ3n) is 3.56. The van der Waals surface area contributed by atoms with Crippen LogP contribution in [0.15, 0.2) is 57.9 Å². The third-order valence-corrected chi connectivity index (χ3v) is 6.80. The molecule has 0 saturated carbocycles. The number of hydrogen-bond donors (Lipinski definition) is 2. The summed E-state index contributed by atoms with van der Waals surface area (Å²) in [6, 6.07) is 13.0. The van der Waals surface area contributed by atoms with Gasteiger partial charge in [0, 0.05) is 17.4 Å². The van der Waals surface area contributed by atoms with Crippen LogP contribution in [0, 0.1) is 0 Å². The molecule has 0 aliphatic carbocycles. The Morgan fingerprint density at radius 3 is 2.54 bits per heavy atom. The maximum atomic E-state index is 12.4. The molecule has 0 spiro atoms. The SMILES string of the molecule is O=C(NCCc1nnc(NS(=O)(=O)c2ccc(Br)cc2)s1)c1ccccc1Cl. The van der Waals surface area contributed by atoms with Crippen LogP contribution in [-0.2, 0) is 16.4 Å². The van der Waals surface area contributed by atoms with Gasteiger partial charge < -0.3 is 5.32 Å². The van der Waals surface area contributed by atoms with Crippen molar-refractivity contribution in [3.63, 3.8) is 0 Å². The monoisotopic (exact) mass is 500 g/mol. The van der Waals surface area contributed by atoms with Crippen molar-refractivity contribution < 1.29 is 13.2 Å². The molecule has 1 aromatic heterocycles. The molecule has 146 valence electrons. The smallest absolute Gasteiger partial charge is 0.263 e. The summed E-state index contributed by atoms with van der Waals surface area (Å²) in [6.45, 7) is 0.318. The van der Waals surface area contributed by atoms with Gasteiger partial charge in [-0.25, -0.2) is 8.42 Å². The molecule has 0 aliphatic heterocycles. The normalized spacial score (nSPS) is 11.2. The summed E-state index contributed by atoms with van der Waals surface area (Å²) >= 11 is 10.4. The molecule has 0 bridgehead atoms. The number of anilines is 1. The number of carbonyl (C=O) groups is 1. The molecule has 0 radical (unpaired) electrons. The number of amides is 1. The van der Waals surface area contributed by atoms with Crippen molar-refractivity contribution in [3.8, 4) is 0 Å². The highest BCUT2D eigenvalue weighted by Gasteiger charge is 2.17. The maximum Gasteiger partial charge on any atom is 0.263 e. The molecule has 1 amide bonds. The van der Waals surface area contributed by atoms with Gasteiger partial charge in [0.2, 0.25) is 5.13 Å². The van der Waals surface area contributed by atoms with Crippen LogP contribution in [0.2, 0.25) is 5.02 Å². The number of carbonyl (C=O) groups excluding carboxylic acids is 1. The number of benzene rings is 2. The van der Waals surface area contributed by atoms with Gasteiger partial charge in [-0.1, -0.05) is 51.0 Å². The molecule has 3 aromatic rings. The van der Waals surface area contributed by atoms with Gasteiger partial charge in [-0.05, 0) is 36.4 Å². The molecule has 0 unspecified atom stereocenters. The topological polar surface area (TPSA) is 101 Å². The zero-order chi connectivity index (χ0) is 20.1. The van der Waals surface area contributed by atoms with Gasteiger partial charge in [-0.3, -0.25) is 9.52 Å². The van der Waals surface area contributed by atoms with E-state index in [2.05, 4.69) is 36.2 Å². The van der Waals surface area contributed by atoms with Gasteiger partial charge >= 0.3 is 0 Å². The fourth-order valence-corrected chi connectivity index (χ4v) is 4.66. The lowest BCUT2D eigenvalue weighted by molar-refractivity contribution is 0.0954. The average Bonchev–Trinajstić information content (AvgIpc) is 3.09. The number of rotatable bonds is 7. The van der Waals surface area contributed by atoms with E-state index in [0.29, 0.717) is 28.6 Å². The van der Waals surface area contributed by atoms with E-state index in [1.807, 2.05) is 0 Å². The molecule has 0 atom stereocenters. The van der Waals surface area contributed by atoms with Crippen molar-refractivity contribution in [1.29, 1.82) is 0 Å². The van der Waals surface area contributed by atoms with Crippen LogP contribution in [0.5, 0.6) is 0 Å². The minimum atomic E-state index is -3.74. The molecule has 0 saturated heterocycles. The zero-order valence-corrected chi connectivity index (χ0v) is 18.2. The van der Waals surface area contributed by atoms with Gasteiger partial charge in [0.25, 0.3) is 15.9 Å². The fraction of sp³-hybridized carbons (Fsp3) is 0.118. The first kappa shape index (κ1) is 20.7. The van der Waals surface area contributed by atoms with E-state index < -0.39 is 10.0 Å². The van der Waals surface area contributed by atoms with Crippen LogP contribution < -0.4 is 10.0 Å². The van der Waals surface area contributed by atoms with E-state index in [1.54, 1.807) is 36.4 Å². The minimum absolute atomic E-state index is 0.124. The molecular formula is C17H14BrClN4O3S2. The Hall–Kier alpha value is -2.01. The number of sulfonamides is 1. The predicted octanol–water partition coefficient (Wildman–Crippen LogP) is 3.73. The lowest BCUT2D eigenvalue weighted by Gasteiger charge is -2.05. The maximum absolute atomic E-state index is 12.4. The number of halogens is 2. The first-order valence-electron chi connectivity index (χ1n) is 7.98. The lowest BCUT2D eigenvalue weighted by atomic mass is 10.2. The number of hydrogen-bond acceptors (Lipinski definition) is 6. The highest BCUT2D eigenvalue weighted by molar-refractivity contribution is 9.10. The van der Waals surface area contributed by atoms with Crippen molar-refractivity contribution >= 4 is 59.9 Å². The largest absolute Gasteiger partial charge is 0.352 e. The first-order chi connectivity index (χ1) is 13.3. The minimum Gasteiger partial charge on any atom is -0.352 e. The molecule has 0 aliphatic rings. The van der Waals surface area contributed by atoms with Crippen molar-refractivity contribution in [2.75, 3.05) is 11.3 Å². The van der Waals surface area contributed by atoms with Crippen LogP contribution in [0.1, 0.15) is 15.4 Å². The van der Waals surface area contributed by atoms with Crippen molar-refractivity contribution in [1.82, 2.24) is 15.5 Å². The van der Waals surface area contributed by atoms with Gasteiger partial charge in [0.1, 0.15) is 5.01 Å². The number of aromatic nitrogens is 2. The summed E-state index contributed by atoms with van der Waals surface area (Å²) < 4.78 is 27.9. The van der Waals surface area contributed by atoms with E-state index in [0.717, 1.165) is 15.8 Å². The third kappa shape index (κ3) is 5.28. The predicted molar refractivity (Wildman–Crippen MR) is 112 cm³/mol. The molecule has 0 fully saturated rings. The first-order valence-corrected chi connectivity index (χ1v) is 11.5. The summed E-state index contributed by atoms with van der Waals surface area (Å²) in [5.41, 5.74) is 0.393. The molecule has 1 heterocycles. The fourth-order valence-electron chi connectivity index (χ4n) is 2.21. The Labute approximate surface area is 179 Å². The Balaban J connectivity index is 1.56. The van der Waals surface area contributed by atoms with E-state index in [4.69, 9.17) is 11.6 Å². The number of nitrogens with one attached hydrogen (secondary N) is 2. The van der Waals surface area contributed by atoms with Crippen molar-refractivity contribution in [3.05, 3.63) is 68.6 Å². The molecule has 3 rings (SSSR count). The Morgan fingerprint density at radius 2 is 1.82 bits per heavy atom. The van der Waals surface area contributed by atoms with E-state index >= 15 is 0 Å². The summed E-state index contributed by atoms with van der Waals surface area (Å²) in [5.74, 6) is -0.286. The van der Waals surface area contributed by atoms with Crippen LogP contribution >= 0.6 is 38.9 Å².